The number of hydrogen-bond acceptors (Lipinski definition) is 1. The monoisotopic (exact) mass is 155 g/mol. The zero-order chi connectivity index (χ0) is 8.53. The maximum atomic E-state index is 3.34. The maximum Gasteiger partial charge on any atom is 0.0227 e. The molecular formula is C10H21N. The molecule has 0 bridgehead atoms. The Balaban J connectivity index is 3.21. The molecule has 0 aliphatic carbocycles. The summed E-state index contributed by atoms with van der Waals surface area (Å²) in [6.07, 6.45) is 9.23. The van der Waals surface area contributed by atoms with Crippen LogP contribution in [0, 0.1) is 0 Å². The van der Waals surface area contributed by atoms with Gasteiger partial charge in [0, 0.05) is 6.04 Å². The second-order valence-electron chi connectivity index (χ2n) is 3.05. The fourth-order valence-electron chi connectivity index (χ4n) is 0.999. The van der Waals surface area contributed by atoms with E-state index >= 15 is 0 Å². The normalized spacial score (nSPS) is 13.7. The van der Waals surface area contributed by atoms with Crippen molar-refractivity contribution in [2.75, 3.05) is 0 Å². The van der Waals surface area contributed by atoms with E-state index in [1.165, 1.54) is 25.7 Å². The van der Waals surface area contributed by atoms with E-state index in [4.69, 9.17) is 0 Å². The summed E-state index contributed by atoms with van der Waals surface area (Å²) in [5.41, 5.74) is 0. The molecule has 0 aromatic carbocycles. The number of unbranched alkanes of at least 4 members (excludes halogenated alkanes) is 1. The van der Waals surface area contributed by atoms with Gasteiger partial charge in [-0.1, -0.05) is 32.8 Å². The van der Waals surface area contributed by atoms with Crippen LogP contribution in [-0.4, -0.2) is 6.04 Å². The predicted molar refractivity (Wildman–Crippen MR) is 51.6 cm³/mol. The van der Waals surface area contributed by atoms with Crippen LogP contribution in [0.1, 0.15) is 46.5 Å². The van der Waals surface area contributed by atoms with Gasteiger partial charge in [0.05, 0.1) is 0 Å². The van der Waals surface area contributed by atoms with Crippen LogP contribution in [0.5, 0.6) is 0 Å². The van der Waals surface area contributed by atoms with E-state index in [0.29, 0.717) is 6.04 Å². The van der Waals surface area contributed by atoms with Crippen LogP contribution in [0.15, 0.2) is 12.3 Å². The lowest BCUT2D eigenvalue weighted by Gasteiger charge is -2.08. The van der Waals surface area contributed by atoms with E-state index in [1.807, 2.05) is 0 Å². The lowest BCUT2D eigenvalue weighted by Crippen LogP contribution is -2.19. The summed E-state index contributed by atoms with van der Waals surface area (Å²) in [5.74, 6) is 0. The molecule has 0 aromatic rings. The summed E-state index contributed by atoms with van der Waals surface area (Å²) >= 11 is 0. The summed E-state index contributed by atoms with van der Waals surface area (Å²) in [6, 6.07) is 0.633. The average Bonchev–Trinajstić information content (AvgIpc) is 1.99. The van der Waals surface area contributed by atoms with Gasteiger partial charge in [-0.3, -0.25) is 0 Å². The van der Waals surface area contributed by atoms with Gasteiger partial charge in [0.25, 0.3) is 0 Å². The lowest BCUT2D eigenvalue weighted by atomic mass is 10.2. The Labute approximate surface area is 70.9 Å². The van der Waals surface area contributed by atoms with Crippen molar-refractivity contribution >= 4 is 0 Å². The molecule has 1 atom stereocenters. The summed E-state index contributed by atoms with van der Waals surface area (Å²) in [4.78, 5) is 0. The third-order valence-corrected chi connectivity index (χ3v) is 1.68. The Morgan fingerprint density at radius 2 is 2.00 bits per heavy atom. The quantitative estimate of drug-likeness (QED) is 0.621. The zero-order valence-electron chi connectivity index (χ0n) is 8.06. The molecule has 1 unspecified atom stereocenters. The largest absolute Gasteiger partial charge is 0.389 e. The van der Waals surface area contributed by atoms with Crippen molar-refractivity contribution in [3.8, 4) is 0 Å². The predicted octanol–water partition coefficient (Wildman–Crippen LogP) is 3.08. The summed E-state index contributed by atoms with van der Waals surface area (Å²) in [6.45, 7) is 6.63. The van der Waals surface area contributed by atoms with Crippen molar-refractivity contribution in [2.45, 2.75) is 52.5 Å². The van der Waals surface area contributed by atoms with E-state index in [9.17, 15) is 0 Å². The molecule has 1 heteroatoms. The van der Waals surface area contributed by atoms with Gasteiger partial charge in [-0.15, -0.1) is 0 Å². The first kappa shape index (κ1) is 10.5. The molecule has 11 heavy (non-hydrogen) atoms. The SMILES string of the molecule is CCC/C=C\NC(C)CCC. The molecule has 0 aromatic heterocycles. The molecule has 0 aliphatic rings. The molecule has 0 saturated heterocycles. The Morgan fingerprint density at radius 3 is 2.55 bits per heavy atom. The number of hydrogen-bond donors (Lipinski definition) is 1. The van der Waals surface area contributed by atoms with Crippen molar-refractivity contribution in [1.29, 1.82) is 0 Å². The van der Waals surface area contributed by atoms with Gasteiger partial charge in [-0.05, 0) is 26.0 Å². The standard InChI is InChI=1S/C10H21N/c1-4-6-7-9-11-10(3)8-5-2/h7,9-11H,4-6,8H2,1-3H3/b9-7-. The molecule has 0 aliphatic heterocycles. The van der Waals surface area contributed by atoms with Gasteiger partial charge in [-0.25, -0.2) is 0 Å². The molecule has 66 valence electrons. The lowest BCUT2D eigenvalue weighted by molar-refractivity contribution is 0.577. The highest BCUT2D eigenvalue weighted by Gasteiger charge is 1.93. The van der Waals surface area contributed by atoms with E-state index < -0.39 is 0 Å². The minimum absolute atomic E-state index is 0.633. The number of nitrogens with one attached hydrogen (secondary N) is 1. The van der Waals surface area contributed by atoms with Gasteiger partial charge in [0.2, 0.25) is 0 Å². The highest BCUT2D eigenvalue weighted by molar-refractivity contribution is 4.80. The molecule has 0 fully saturated rings. The van der Waals surface area contributed by atoms with Crippen LogP contribution in [0.4, 0.5) is 0 Å². The van der Waals surface area contributed by atoms with Crippen LogP contribution in [0.3, 0.4) is 0 Å². The molecule has 1 N–H and O–H groups in total. The molecule has 0 saturated carbocycles. The molecule has 0 amide bonds. The van der Waals surface area contributed by atoms with E-state index in [0.717, 1.165) is 0 Å². The van der Waals surface area contributed by atoms with Crippen molar-refractivity contribution in [1.82, 2.24) is 5.32 Å². The first-order chi connectivity index (χ1) is 5.31. The fourth-order valence-corrected chi connectivity index (χ4v) is 0.999. The molecule has 0 rings (SSSR count). The van der Waals surface area contributed by atoms with Crippen LogP contribution in [0.25, 0.3) is 0 Å². The first-order valence-electron chi connectivity index (χ1n) is 4.72. The Morgan fingerprint density at radius 1 is 1.27 bits per heavy atom. The molecular weight excluding hydrogens is 134 g/mol. The second-order valence-corrected chi connectivity index (χ2v) is 3.05. The minimum atomic E-state index is 0.633. The second kappa shape index (κ2) is 7.64. The smallest absolute Gasteiger partial charge is 0.0227 e. The van der Waals surface area contributed by atoms with Gasteiger partial charge in [0.1, 0.15) is 0 Å². The van der Waals surface area contributed by atoms with Gasteiger partial charge >= 0.3 is 0 Å². The Kier molecular flexibility index (Phi) is 7.33. The van der Waals surface area contributed by atoms with Gasteiger partial charge in [-0.2, -0.15) is 0 Å². The number of rotatable bonds is 6. The average molecular weight is 155 g/mol. The Bertz CT molecular complexity index is 97.0. The third-order valence-electron chi connectivity index (χ3n) is 1.68. The summed E-state index contributed by atoms with van der Waals surface area (Å²) < 4.78 is 0. The highest BCUT2D eigenvalue weighted by atomic mass is 14.9. The topological polar surface area (TPSA) is 12.0 Å². The molecule has 0 radical (unpaired) electrons. The molecule has 0 heterocycles. The van der Waals surface area contributed by atoms with Crippen molar-refractivity contribution in [2.24, 2.45) is 0 Å². The molecule has 1 nitrogen and oxygen atoms in total. The van der Waals surface area contributed by atoms with Crippen molar-refractivity contribution < 1.29 is 0 Å². The summed E-state index contributed by atoms with van der Waals surface area (Å²) in [5, 5.41) is 3.34. The first-order valence-corrected chi connectivity index (χ1v) is 4.72. The number of allylic oxidation sites excluding steroid dienone is 1. The highest BCUT2D eigenvalue weighted by Crippen LogP contribution is 1.94. The third kappa shape index (κ3) is 7.44. The van der Waals surface area contributed by atoms with Crippen LogP contribution in [0.2, 0.25) is 0 Å². The fraction of sp³-hybridized carbons (Fsp3) is 0.800. The van der Waals surface area contributed by atoms with Crippen molar-refractivity contribution in [3.05, 3.63) is 12.3 Å². The van der Waals surface area contributed by atoms with E-state index in [1.54, 1.807) is 0 Å². The van der Waals surface area contributed by atoms with E-state index in [2.05, 4.69) is 38.4 Å². The Hall–Kier alpha value is -0.460. The van der Waals surface area contributed by atoms with Gasteiger partial charge in [0.15, 0.2) is 0 Å². The van der Waals surface area contributed by atoms with Crippen LogP contribution in [-0.2, 0) is 0 Å². The summed E-state index contributed by atoms with van der Waals surface area (Å²) in [7, 11) is 0. The molecule has 0 spiro atoms. The maximum absolute atomic E-state index is 3.34. The van der Waals surface area contributed by atoms with Crippen LogP contribution >= 0.6 is 0 Å². The zero-order valence-corrected chi connectivity index (χ0v) is 8.06. The van der Waals surface area contributed by atoms with Crippen LogP contribution < -0.4 is 5.32 Å². The van der Waals surface area contributed by atoms with Crippen molar-refractivity contribution in [3.63, 3.8) is 0 Å². The van der Waals surface area contributed by atoms with E-state index in [-0.39, 0.29) is 0 Å². The van der Waals surface area contributed by atoms with Gasteiger partial charge < -0.3 is 5.32 Å². The minimum Gasteiger partial charge on any atom is -0.389 e.